The first kappa shape index (κ1) is 76.9. The second kappa shape index (κ2) is 35.5. The van der Waals surface area contributed by atoms with Crippen molar-refractivity contribution in [3.05, 3.63) is 210 Å². The van der Waals surface area contributed by atoms with Crippen molar-refractivity contribution in [3.63, 3.8) is 0 Å². The summed E-state index contributed by atoms with van der Waals surface area (Å²) in [7, 11) is 0. The van der Waals surface area contributed by atoms with Gasteiger partial charge in [0.2, 0.25) is 5.91 Å². The van der Waals surface area contributed by atoms with Crippen molar-refractivity contribution in [2.45, 2.75) is 82.5 Å². The Labute approximate surface area is 670 Å². The number of fused-ring (bicyclic) bond motifs is 3. The third-order valence-corrected chi connectivity index (χ3v) is 22.3. The molecule has 0 bridgehead atoms. The van der Waals surface area contributed by atoms with Crippen molar-refractivity contribution < 1.29 is 48.0 Å². The van der Waals surface area contributed by atoms with Gasteiger partial charge >= 0.3 is 0 Å². The van der Waals surface area contributed by atoms with Crippen LogP contribution in [0.1, 0.15) is 112 Å². The van der Waals surface area contributed by atoms with Crippen LogP contribution in [0.5, 0.6) is 17.2 Å². The molecule has 12 aromatic rings. The minimum absolute atomic E-state index is 0.0523. The number of piperidine rings is 1. The highest BCUT2D eigenvalue weighted by Gasteiger charge is 2.28. The minimum Gasteiger partial charge on any atom is -0.489 e. The minimum atomic E-state index is -0.491. The van der Waals surface area contributed by atoms with Gasteiger partial charge in [-0.1, -0.05) is 36.4 Å². The fourth-order valence-corrected chi connectivity index (χ4v) is 15.9. The van der Waals surface area contributed by atoms with Gasteiger partial charge in [-0.2, -0.15) is 15.8 Å². The van der Waals surface area contributed by atoms with Crippen LogP contribution in [0.3, 0.4) is 0 Å². The molecule has 4 amide bonds. The molecule has 0 atom stereocenters. The number of hydrogen-bond donors (Lipinski definition) is 5. The van der Waals surface area contributed by atoms with E-state index in [1.54, 1.807) is 29.4 Å². The number of nitriles is 3. The van der Waals surface area contributed by atoms with E-state index in [-0.39, 0.29) is 41.9 Å². The lowest BCUT2D eigenvalue weighted by Crippen LogP contribution is -2.46. The highest BCUT2D eigenvalue weighted by atomic mass is 16.5. The summed E-state index contributed by atoms with van der Waals surface area (Å²) < 4.78 is 29.2. The molecule has 0 unspecified atom stereocenters. The number of aliphatic hydroxyl groups excluding tert-OH is 1. The van der Waals surface area contributed by atoms with E-state index in [0.717, 1.165) is 198 Å². The topological polar surface area (TPSA) is 330 Å². The number of hydrogen-bond acceptors (Lipinski definition) is 18. The molecule has 6 aliphatic heterocycles. The van der Waals surface area contributed by atoms with Gasteiger partial charge in [0.1, 0.15) is 72.3 Å². The van der Waals surface area contributed by atoms with Crippen LogP contribution in [0.25, 0.3) is 100 Å². The summed E-state index contributed by atoms with van der Waals surface area (Å²) >= 11 is 0. The van der Waals surface area contributed by atoms with Gasteiger partial charge < -0.3 is 68.7 Å². The van der Waals surface area contributed by atoms with E-state index in [0.29, 0.717) is 109 Å². The molecule has 5 N–H and O–H groups in total. The number of amides is 4. The number of nitrogens with zero attached hydrogens (tertiary/aromatic N) is 11. The Kier molecular flexibility index (Phi) is 23.5. The van der Waals surface area contributed by atoms with Gasteiger partial charge in [0.15, 0.2) is 0 Å². The molecule has 25 nitrogen and oxygen atoms in total. The molecule has 586 valence electrons. The Morgan fingerprint density at radius 2 is 0.828 bits per heavy atom. The summed E-state index contributed by atoms with van der Waals surface area (Å²) in [5.74, 6) is 1.63. The number of pyridine rings is 2. The third-order valence-electron chi connectivity index (χ3n) is 22.3. The molecule has 6 aliphatic rings. The van der Waals surface area contributed by atoms with Gasteiger partial charge in [0, 0.05) is 194 Å². The first-order valence-corrected chi connectivity index (χ1v) is 39.8. The van der Waals surface area contributed by atoms with Crippen LogP contribution in [-0.4, -0.2) is 200 Å². The van der Waals surface area contributed by atoms with Gasteiger partial charge in [-0.3, -0.25) is 29.1 Å². The van der Waals surface area contributed by atoms with E-state index in [1.165, 1.54) is 6.33 Å². The summed E-state index contributed by atoms with van der Waals surface area (Å²) in [4.78, 5) is 86.1. The SMILES string of the molecule is N#Cc1cc(-c2nccc3[nH]c(-c4ccc(C(=O)N5CCCC5)cc4)cc23)ccc1OC1CCOCC1.N#Cc1cc(-c2nccc3[nH]c(-c4ccc(C(=O)N5CCNCC5)cc4)cc23)ccc1OC1CCOCC1.N#Cc1cc(-c2ncnc3[nH]c(-c4cccc(C(=O)N5CCCC5)c4)cc23)ccc1OC1CCN(C(=O)CO)CC1. The predicted molar refractivity (Wildman–Crippen MR) is 438 cm³/mol. The second-order valence-electron chi connectivity index (χ2n) is 29.7. The molecule has 6 aromatic carbocycles. The average molecular weight is 1550 g/mol. The Morgan fingerprint density at radius 3 is 1.28 bits per heavy atom. The lowest BCUT2D eigenvalue weighted by molar-refractivity contribution is -0.135. The number of piperazine rings is 1. The Bertz CT molecular complexity index is 5720. The van der Waals surface area contributed by atoms with Gasteiger partial charge in [0.25, 0.3) is 17.7 Å². The van der Waals surface area contributed by atoms with E-state index in [4.69, 9.17) is 28.8 Å². The van der Waals surface area contributed by atoms with Crippen molar-refractivity contribution in [2.24, 2.45) is 0 Å². The van der Waals surface area contributed by atoms with Gasteiger partial charge in [-0.05, 0) is 164 Å². The van der Waals surface area contributed by atoms with Gasteiger partial charge in [0.05, 0.1) is 60.2 Å². The molecule has 0 spiro atoms. The number of likely N-dealkylation sites (tertiary alicyclic amines) is 3. The van der Waals surface area contributed by atoms with Crippen LogP contribution < -0.4 is 19.5 Å². The van der Waals surface area contributed by atoms with Crippen molar-refractivity contribution in [2.75, 3.05) is 98.5 Å². The highest BCUT2D eigenvalue weighted by Crippen LogP contribution is 2.39. The Morgan fingerprint density at radius 1 is 0.414 bits per heavy atom. The zero-order valence-electron chi connectivity index (χ0n) is 64.2. The number of rotatable bonds is 16. The summed E-state index contributed by atoms with van der Waals surface area (Å²) in [6.45, 7) is 9.66. The maximum atomic E-state index is 12.9. The van der Waals surface area contributed by atoms with E-state index in [9.17, 15) is 35.0 Å². The third kappa shape index (κ3) is 17.2. The van der Waals surface area contributed by atoms with Crippen LogP contribution >= 0.6 is 0 Å². The number of nitrogens with one attached hydrogen (secondary N) is 4. The van der Waals surface area contributed by atoms with Crippen molar-refractivity contribution in [3.8, 4) is 103 Å². The Balaban J connectivity index is 0.000000131. The monoisotopic (exact) mass is 1550 g/mol. The quantitative estimate of drug-likeness (QED) is 0.0600. The maximum absolute atomic E-state index is 12.9. The zero-order valence-corrected chi connectivity index (χ0v) is 64.2. The lowest BCUT2D eigenvalue weighted by Gasteiger charge is -2.32. The number of H-pyrrole nitrogens is 3. The number of carbonyl (C=O) groups is 4. The molecule has 18 rings (SSSR count). The van der Waals surface area contributed by atoms with Crippen LogP contribution in [-0.2, 0) is 14.3 Å². The molecular formula is C91H87N15O10. The first-order chi connectivity index (χ1) is 56.9. The molecule has 6 aromatic heterocycles. The summed E-state index contributed by atoms with van der Waals surface area (Å²) in [6, 6.07) is 56.7. The molecule has 6 saturated heterocycles. The van der Waals surface area contributed by atoms with Gasteiger partial charge in [-0.15, -0.1) is 0 Å². The molecule has 0 aliphatic carbocycles. The number of carbonyl (C=O) groups excluding carboxylic acids is 4. The highest BCUT2D eigenvalue weighted by molar-refractivity contribution is 6.01. The molecule has 6 fully saturated rings. The fraction of sp³-hybridized carbons (Fsp3) is 0.308. The molecule has 0 radical (unpaired) electrons. The number of benzene rings is 6. The smallest absolute Gasteiger partial charge is 0.253 e. The van der Waals surface area contributed by atoms with Crippen LogP contribution in [0, 0.1) is 34.0 Å². The largest absolute Gasteiger partial charge is 0.489 e. The molecular weight excluding hydrogens is 1460 g/mol. The van der Waals surface area contributed by atoms with E-state index >= 15 is 0 Å². The fourth-order valence-electron chi connectivity index (χ4n) is 15.9. The molecule has 116 heavy (non-hydrogen) atoms. The standard InChI is InChI=1S/C31H30N6O4.C30H29N5O3.C30H28N4O3/c32-17-23-15-21(6-7-27(23)41-24-8-12-36(13-9-24)28(39)18-38)29-25-16-26(35-30(25)34-19-33-29)20-4-3-5-22(14-20)31(40)37-10-1-2-11-37;31-19-23-17-22(5-6-28(23)38-24-8-15-37-16-9-24)29-25-18-27(34-26(25)7-10-33-29)20-1-3-21(4-2-20)30(36)35-13-11-32-12-14-35;31-19-23-17-22(7-8-28(23)37-24-10-15-36-16-11-24)29-25-18-27(33-26(25)9-12-32-29)20-3-5-21(6-4-20)30(35)34-13-1-2-14-34/h3-7,14-16,19,24,38H,1-2,8-13,18H2,(H,33,34,35);1-7,10,17-18,24,32,34H,8-9,11-16H2;3-9,12,17-18,24,33H,1-2,10-11,13-16H2. The number of ether oxygens (including phenoxy) is 5. The second-order valence-corrected chi connectivity index (χ2v) is 29.7. The average Bonchev–Trinajstić information content (AvgIpc) is 1.64. The number of aromatic nitrogens is 7. The van der Waals surface area contributed by atoms with E-state index in [2.05, 4.69) is 70.5 Å². The summed E-state index contributed by atoms with van der Waals surface area (Å²) in [5.41, 5.74) is 16.4. The lowest BCUT2D eigenvalue weighted by atomic mass is 10.0. The summed E-state index contributed by atoms with van der Waals surface area (Å²) in [5, 5.41) is 44.6. The molecule has 0 saturated carbocycles. The van der Waals surface area contributed by atoms with E-state index < -0.39 is 6.61 Å². The van der Waals surface area contributed by atoms with Gasteiger partial charge in [-0.25, -0.2) is 9.97 Å². The van der Waals surface area contributed by atoms with E-state index in [1.807, 2.05) is 148 Å². The predicted octanol–water partition coefficient (Wildman–Crippen LogP) is 13.7. The summed E-state index contributed by atoms with van der Waals surface area (Å²) in [6.07, 6.45) is 13.8. The Hall–Kier alpha value is -13.1. The number of aliphatic hydroxyl groups is 1. The molecule has 25 heteroatoms. The van der Waals surface area contributed by atoms with Crippen LogP contribution in [0.15, 0.2) is 176 Å². The number of aromatic amines is 3. The van der Waals surface area contributed by atoms with Crippen molar-refractivity contribution in [1.29, 1.82) is 15.8 Å². The normalized spacial score (nSPS) is 16.1. The first-order valence-electron chi connectivity index (χ1n) is 39.8. The molecule has 12 heterocycles. The zero-order chi connectivity index (χ0) is 79.4. The van der Waals surface area contributed by atoms with Crippen molar-refractivity contribution >= 4 is 56.5 Å². The van der Waals surface area contributed by atoms with Crippen molar-refractivity contribution in [1.82, 2.24) is 59.8 Å². The van der Waals surface area contributed by atoms with Crippen LogP contribution in [0.2, 0.25) is 0 Å². The van der Waals surface area contributed by atoms with Crippen LogP contribution in [0.4, 0.5) is 0 Å². The maximum Gasteiger partial charge on any atom is 0.253 e.